The number of nitrogens with zero attached hydrogens (tertiary/aromatic N) is 3. The highest BCUT2D eigenvalue weighted by atomic mass is 16.2. The van der Waals surface area contributed by atoms with Gasteiger partial charge >= 0.3 is 0 Å². The number of fused-ring (bicyclic) bond motifs is 2. The predicted octanol–water partition coefficient (Wildman–Crippen LogP) is 1.35. The van der Waals surface area contributed by atoms with Crippen LogP contribution in [0.3, 0.4) is 0 Å². The molecule has 0 unspecified atom stereocenters. The molecule has 0 saturated carbocycles. The first kappa shape index (κ1) is 17.2. The van der Waals surface area contributed by atoms with Crippen LogP contribution < -0.4 is 10.2 Å². The third-order valence-electron chi connectivity index (χ3n) is 5.03. The zero-order valence-corrected chi connectivity index (χ0v) is 14.8. The molecular weight excluding hydrogens is 344 g/mol. The molecule has 1 fully saturated rings. The van der Waals surface area contributed by atoms with Crippen molar-refractivity contribution >= 4 is 23.4 Å². The van der Waals surface area contributed by atoms with Crippen molar-refractivity contribution in [1.29, 1.82) is 0 Å². The number of pyridine rings is 1. The van der Waals surface area contributed by atoms with Crippen molar-refractivity contribution in [3.05, 3.63) is 59.9 Å². The Morgan fingerprint density at radius 3 is 2.74 bits per heavy atom. The van der Waals surface area contributed by atoms with Gasteiger partial charge in [0, 0.05) is 25.5 Å². The minimum Gasteiger partial charge on any atom is -0.350 e. The molecule has 1 N–H and O–H groups in total. The van der Waals surface area contributed by atoms with E-state index in [0.29, 0.717) is 30.8 Å². The number of carbonyl (C=O) groups is 3. The normalized spacial score (nSPS) is 18.7. The van der Waals surface area contributed by atoms with Crippen molar-refractivity contribution < 1.29 is 14.4 Å². The molecule has 4 rings (SSSR count). The van der Waals surface area contributed by atoms with E-state index in [0.717, 1.165) is 12.0 Å². The van der Waals surface area contributed by atoms with Crippen LogP contribution in [0.25, 0.3) is 0 Å². The maximum atomic E-state index is 13.1. The maximum absolute atomic E-state index is 13.1. The van der Waals surface area contributed by atoms with Crippen molar-refractivity contribution in [1.82, 2.24) is 15.2 Å². The largest absolute Gasteiger partial charge is 0.350 e. The van der Waals surface area contributed by atoms with Crippen LogP contribution in [0.1, 0.15) is 28.8 Å². The fraction of sp³-hybridized carbons (Fsp3) is 0.300. The number of aromatic nitrogens is 1. The van der Waals surface area contributed by atoms with E-state index in [1.165, 1.54) is 4.90 Å². The van der Waals surface area contributed by atoms with Crippen LogP contribution in [0, 0.1) is 0 Å². The Balaban J connectivity index is 1.56. The summed E-state index contributed by atoms with van der Waals surface area (Å²) in [4.78, 5) is 45.5. The van der Waals surface area contributed by atoms with Crippen molar-refractivity contribution in [3.63, 3.8) is 0 Å². The van der Waals surface area contributed by atoms with Gasteiger partial charge in [-0.05, 0) is 42.7 Å². The number of hydrogen-bond donors (Lipinski definition) is 1. The fourth-order valence-electron chi connectivity index (χ4n) is 3.67. The van der Waals surface area contributed by atoms with Crippen LogP contribution in [-0.2, 0) is 16.1 Å². The van der Waals surface area contributed by atoms with Crippen molar-refractivity contribution in [2.24, 2.45) is 0 Å². The molecule has 1 saturated heterocycles. The molecule has 0 bridgehead atoms. The molecule has 27 heavy (non-hydrogen) atoms. The Morgan fingerprint density at radius 1 is 1.15 bits per heavy atom. The quantitative estimate of drug-likeness (QED) is 0.888. The minimum atomic E-state index is -0.488. The molecule has 7 nitrogen and oxygen atoms in total. The molecule has 3 heterocycles. The first-order valence-electron chi connectivity index (χ1n) is 9.02. The molecule has 0 radical (unpaired) electrons. The summed E-state index contributed by atoms with van der Waals surface area (Å²) in [5.74, 6) is -0.597. The molecule has 1 atom stereocenters. The molecule has 138 valence electrons. The molecule has 0 aliphatic carbocycles. The third-order valence-corrected chi connectivity index (χ3v) is 5.03. The zero-order valence-electron chi connectivity index (χ0n) is 14.8. The number of benzene rings is 1. The van der Waals surface area contributed by atoms with E-state index in [2.05, 4.69) is 10.3 Å². The number of para-hydroxylation sites is 1. The van der Waals surface area contributed by atoms with E-state index in [4.69, 9.17) is 0 Å². The fourth-order valence-corrected chi connectivity index (χ4v) is 3.67. The van der Waals surface area contributed by atoms with E-state index in [1.807, 2.05) is 12.1 Å². The van der Waals surface area contributed by atoms with Gasteiger partial charge in [-0.25, -0.2) is 0 Å². The predicted molar refractivity (Wildman–Crippen MR) is 98.9 cm³/mol. The first-order valence-corrected chi connectivity index (χ1v) is 9.02. The zero-order chi connectivity index (χ0) is 18.8. The van der Waals surface area contributed by atoms with Crippen LogP contribution in [0.2, 0.25) is 0 Å². The van der Waals surface area contributed by atoms with Crippen LogP contribution in [0.15, 0.2) is 48.8 Å². The molecule has 1 aromatic carbocycles. The molecular formula is C20H20N4O3. The van der Waals surface area contributed by atoms with Gasteiger partial charge in [-0.15, -0.1) is 0 Å². The van der Waals surface area contributed by atoms with Gasteiger partial charge in [0.05, 0.1) is 11.3 Å². The lowest BCUT2D eigenvalue weighted by Gasteiger charge is -2.25. The third kappa shape index (κ3) is 3.28. The van der Waals surface area contributed by atoms with Crippen LogP contribution in [0.5, 0.6) is 0 Å². The van der Waals surface area contributed by atoms with Gasteiger partial charge in [0.1, 0.15) is 12.6 Å². The minimum absolute atomic E-state index is 0.113. The van der Waals surface area contributed by atoms with Crippen molar-refractivity contribution in [2.45, 2.75) is 25.4 Å². The Bertz CT molecular complexity index is 884. The Labute approximate surface area is 157 Å². The Morgan fingerprint density at radius 2 is 1.93 bits per heavy atom. The van der Waals surface area contributed by atoms with Crippen molar-refractivity contribution in [2.75, 3.05) is 18.0 Å². The van der Waals surface area contributed by atoms with E-state index < -0.39 is 6.04 Å². The van der Waals surface area contributed by atoms with E-state index in [1.54, 1.807) is 41.6 Å². The number of rotatable bonds is 4. The lowest BCUT2D eigenvalue weighted by atomic mass is 10.1. The summed E-state index contributed by atoms with van der Waals surface area (Å²) < 4.78 is 0. The summed E-state index contributed by atoms with van der Waals surface area (Å²) in [5.41, 5.74) is 1.90. The van der Waals surface area contributed by atoms with Crippen LogP contribution in [-0.4, -0.2) is 46.7 Å². The highest BCUT2D eigenvalue weighted by Crippen LogP contribution is 2.32. The van der Waals surface area contributed by atoms with Gasteiger partial charge in [-0.2, -0.15) is 0 Å². The molecule has 2 aliphatic heterocycles. The second-order valence-electron chi connectivity index (χ2n) is 6.73. The van der Waals surface area contributed by atoms with Crippen molar-refractivity contribution in [3.8, 4) is 0 Å². The second kappa shape index (κ2) is 7.19. The standard InChI is InChI=1S/C20H20N4O3/c25-18(22-12-14-7-9-21-10-8-14)13-24-16-5-2-1-4-15(16)19(26)23-11-3-6-17(23)20(24)27/h1-2,4-5,7-10,17H,3,6,11-13H2,(H,22,25)/t17-/m0/s1. The summed E-state index contributed by atoms with van der Waals surface area (Å²) in [6.07, 6.45) is 4.76. The SMILES string of the molecule is O=C(CN1C(=O)[C@@H]2CCCN2C(=O)c2ccccc21)NCc1ccncc1. The van der Waals surface area contributed by atoms with Crippen LogP contribution in [0.4, 0.5) is 5.69 Å². The van der Waals surface area contributed by atoms with E-state index in [9.17, 15) is 14.4 Å². The number of carbonyl (C=O) groups excluding carboxylic acids is 3. The van der Waals surface area contributed by atoms with Gasteiger partial charge in [0.2, 0.25) is 11.8 Å². The summed E-state index contributed by atoms with van der Waals surface area (Å²) in [7, 11) is 0. The van der Waals surface area contributed by atoms with E-state index >= 15 is 0 Å². The molecule has 2 aromatic rings. The average Bonchev–Trinajstić information content (AvgIpc) is 3.17. The highest BCUT2D eigenvalue weighted by molar-refractivity contribution is 6.12. The Hall–Kier alpha value is -3.22. The molecule has 7 heteroatoms. The number of hydrogen-bond acceptors (Lipinski definition) is 4. The monoisotopic (exact) mass is 364 g/mol. The lowest BCUT2D eigenvalue weighted by molar-refractivity contribution is -0.125. The maximum Gasteiger partial charge on any atom is 0.256 e. The average molecular weight is 364 g/mol. The van der Waals surface area contributed by atoms with Gasteiger partial charge < -0.3 is 15.1 Å². The smallest absolute Gasteiger partial charge is 0.256 e. The number of anilines is 1. The van der Waals surface area contributed by atoms with E-state index in [-0.39, 0.29) is 24.3 Å². The Kier molecular flexibility index (Phi) is 4.58. The first-order chi connectivity index (χ1) is 13.1. The topological polar surface area (TPSA) is 82.6 Å². The van der Waals surface area contributed by atoms with Gasteiger partial charge in [-0.1, -0.05) is 12.1 Å². The summed E-state index contributed by atoms with van der Waals surface area (Å²) in [6.45, 7) is 0.823. The van der Waals surface area contributed by atoms with Crippen LogP contribution >= 0.6 is 0 Å². The highest BCUT2D eigenvalue weighted by Gasteiger charge is 2.42. The molecule has 1 aromatic heterocycles. The number of nitrogens with one attached hydrogen (secondary N) is 1. The van der Waals surface area contributed by atoms with Gasteiger partial charge in [-0.3, -0.25) is 19.4 Å². The summed E-state index contributed by atoms with van der Waals surface area (Å²) in [6, 6.07) is 10.1. The second-order valence-corrected chi connectivity index (χ2v) is 6.73. The molecule has 3 amide bonds. The summed E-state index contributed by atoms with van der Waals surface area (Å²) in [5, 5.41) is 2.83. The summed E-state index contributed by atoms with van der Waals surface area (Å²) >= 11 is 0. The van der Waals surface area contributed by atoms with Gasteiger partial charge in [0.25, 0.3) is 5.91 Å². The van der Waals surface area contributed by atoms with Gasteiger partial charge in [0.15, 0.2) is 0 Å². The molecule has 0 spiro atoms. The molecule has 2 aliphatic rings. The number of amides is 3. The lowest BCUT2D eigenvalue weighted by Crippen LogP contribution is -2.48.